The van der Waals surface area contributed by atoms with Crippen LogP contribution in [-0.2, 0) is 9.59 Å². The third kappa shape index (κ3) is 3.13. The standard InChI is InChI=1S/C11H21NO2/c1-7(2)10(13)12(9(5)6)11(14)8(3)4/h7-9H,1-6H3. The molecule has 0 aliphatic carbocycles. The van der Waals surface area contributed by atoms with Gasteiger partial charge in [-0.15, -0.1) is 0 Å². The molecule has 0 unspecified atom stereocenters. The minimum absolute atomic E-state index is 0.0557. The molecule has 0 aliphatic heterocycles. The van der Waals surface area contributed by atoms with E-state index in [0.717, 1.165) is 0 Å². The topological polar surface area (TPSA) is 37.4 Å². The van der Waals surface area contributed by atoms with E-state index in [1.807, 2.05) is 41.5 Å². The first-order valence-corrected chi connectivity index (χ1v) is 5.16. The maximum absolute atomic E-state index is 11.7. The second kappa shape index (κ2) is 5.13. The number of carbonyl (C=O) groups is 2. The third-order valence-electron chi connectivity index (χ3n) is 1.98. The molecular weight excluding hydrogens is 178 g/mol. The van der Waals surface area contributed by atoms with Gasteiger partial charge in [-0.25, -0.2) is 0 Å². The summed E-state index contributed by atoms with van der Waals surface area (Å²) in [6.07, 6.45) is 0. The first kappa shape index (κ1) is 13.1. The van der Waals surface area contributed by atoms with Gasteiger partial charge in [-0.05, 0) is 13.8 Å². The average molecular weight is 199 g/mol. The summed E-state index contributed by atoms with van der Waals surface area (Å²) in [5.74, 6) is -0.419. The van der Waals surface area contributed by atoms with Gasteiger partial charge in [-0.2, -0.15) is 0 Å². The van der Waals surface area contributed by atoms with E-state index < -0.39 is 0 Å². The molecule has 0 spiro atoms. The molecular formula is C11H21NO2. The first-order valence-electron chi connectivity index (χ1n) is 5.16. The summed E-state index contributed by atoms with van der Waals surface area (Å²) in [5.41, 5.74) is 0. The second-order valence-electron chi connectivity index (χ2n) is 4.45. The molecule has 0 bridgehead atoms. The molecule has 0 N–H and O–H groups in total. The highest BCUT2D eigenvalue weighted by Crippen LogP contribution is 2.11. The number of imide groups is 1. The van der Waals surface area contributed by atoms with Gasteiger partial charge in [0.2, 0.25) is 11.8 Å². The predicted molar refractivity (Wildman–Crippen MR) is 56.7 cm³/mol. The fourth-order valence-electron chi connectivity index (χ4n) is 1.17. The van der Waals surface area contributed by atoms with Gasteiger partial charge >= 0.3 is 0 Å². The SMILES string of the molecule is CC(C)C(=O)N(C(=O)C(C)C)C(C)C. The molecule has 0 aromatic heterocycles. The normalized spacial score (nSPS) is 11.2. The molecule has 0 heterocycles. The minimum atomic E-state index is -0.125. The van der Waals surface area contributed by atoms with E-state index in [1.165, 1.54) is 4.90 Å². The van der Waals surface area contributed by atoms with Crippen LogP contribution in [0.2, 0.25) is 0 Å². The van der Waals surface area contributed by atoms with Crippen molar-refractivity contribution in [2.75, 3.05) is 0 Å². The molecule has 0 aromatic carbocycles. The zero-order valence-corrected chi connectivity index (χ0v) is 10.00. The van der Waals surface area contributed by atoms with Crippen LogP contribution in [0.1, 0.15) is 41.5 Å². The Balaban J connectivity index is 4.78. The van der Waals surface area contributed by atoms with Crippen LogP contribution >= 0.6 is 0 Å². The maximum atomic E-state index is 11.7. The highest BCUT2D eigenvalue weighted by atomic mass is 16.2. The Kier molecular flexibility index (Phi) is 4.81. The number of amides is 2. The lowest BCUT2D eigenvalue weighted by molar-refractivity contribution is -0.150. The van der Waals surface area contributed by atoms with Gasteiger partial charge < -0.3 is 0 Å². The lowest BCUT2D eigenvalue weighted by atomic mass is 10.1. The van der Waals surface area contributed by atoms with Gasteiger partial charge in [0.25, 0.3) is 0 Å². The van der Waals surface area contributed by atoms with Gasteiger partial charge in [-0.1, -0.05) is 27.7 Å². The van der Waals surface area contributed by atoms with E-state index >= 15 is 0 Å². The summed E-state index contributed by atoms with van der Waals surface area (Å²) in [4.78, 5) is 24.8. The Bertz CT molecular complexity index is 199. The second-order valence-corrected chi connectivity index (χ2v) is 4.45. The number of hydrogen-bond acceptors (Lipinski definition) is 2. The highest BCUT2D eigenvalue weighted by molar-refractivity contribution is 5.97. The third-order valence-corrected chi connectivity index (χ3v) is 1.98. The Hall–Kier alpha value is -0.860. The molecule has 0 aromatic rings. The molecule has 0 rings (SSSR count). The summed E-state index contributed by atoms with van der Waals surface area (Å²) < 4.78 is 0. The zero-order chi connectivity index (χ0) is 11.5. The molecule has 0 saturated heterocycles. The van der Waals surface area contributed by atoms with Crippen LogP contribution in [0.15, 0.2) is 0 Å². The molecule has 0 atom stereocenters. The van der Waals surface area contributed by atoms with Crippen LogP contribution in [0.3, 0.4) is 0 Å². The Morgan fingerprint density at radius 1 is 0.786 bits per heavy atom. The van der Waals surface area contributed by atoms with E-state index in [4.69, 9.17) is 0 Å². The van der Waals surface area contributed by atoms with Crippen molar-refractivity contribution in [1.82, 2.24) is 4.90 Å². The van der Waals surface area contributed by atoms with Crippen LogP contribution in [0, 0.1) is 11.8 Å². The van der Waals surface area contributed by atoms with Crippen LogP contribution in [-0.4, -0.2) is 22.8 Å². The first-order chi connectivity index (χ1) is 6.29. The molecule has 3 heteroatoms. The molecule has 82 valence electrons. The average Bonchev–Trinajstić information content (AvgIpc) is 2.03. The van der Waals surface area contributed by atoms with Crippen molar-refractivity contribution in [1.29, 1.82) is 0 Å². The summed E-state index contributed by atoms with van der Waals surface area (Å²) in [6, 6.07) is -0.0557. The molecule has 0 saturated carbocycles. The summed E-state index contributed by atoms with van der Waals surface area (Å²) in [7, 11) is 0. The number of carbonyl (C=O) groups excluding carboxylic acids is 2. The van der Waals surface area contributed by atoms with Gasteiger partial charge in [0.15, 0.2) is 0 Å². The largest absolute Gasteiger partial charge is 0.280 e. The monoisotopic (exact) mass is 199 g/mol. The van der Waals surface area contributed by atoms with E-state index in [2.05, 4.69) is 0 Å². The van der Waals surface area contributed by atoms with Crippen LogP contribution in [0.25, 0.3) is 0 Å². The van der Waals surface area contributed by atoms with Crippen molar-refractivity contribution >= 4 is 11.8 Å². The van der Waals surface area contributed by atoms with Crippen molar-refractivity contribution in [2.45, 2.75) is 47.6 Å². The number of hydrogen-bond donors (Lipinski definition) is 0. The van der Waals surface area contributed by atoms with Gasteiger partial charge in [0.05, 0.1) is 0 Å². The molecule has 2 amide bonds. The van der Waals surface area contributed by atoms with Crippen LogP contribution < -0.4 is 0 Å². The van der Waals surface area contributed by atoms with Gasteiger partial charge in [0, 0.05) is 17.9 Å². The van der Waals surface area contributed by atoms with E-state index in [-0.39, 0.29) is 29.7 Å². The quantitative estimate of drug-likeness (QED) is 0.697. The molecule has 0 fully saturated rings. The Morgan fingerprint density at radius 3 is 1.21 bits per heavy atom. The molecule has 0 radical (unpaired) electrons. The van der Waals surface area contributed by atoms with Crippen LogP contribution in [0.4, 0.5) is 0 Å². The lowest BCUT2D eigenvalue weighted by Gasteiger charge is -2.28. The van der Waals surface area contributed by atoms with Gasteiger partial charge in [-0.3, -0.25) is 14.5 Å². The van der Waals surface area contributed by atoms with Crippen molar-refractivity contribution in [3.05, 3.63) is 0 Å². The fourth-order valence-corrected chi connectivity index (χ4v) is 1.17. The van der Waals surface area contributed by atoms with E-state index in [1.54, 1.807) is 0 Å². The summed E-state index contributed by atoms with van der Waals surface area (Å²) >= 11 is 0. The molecule has 3 nitrogen and oxygen atoms in total. The Labute approximate surface area is 86.5 Å². The molecule has 14 heavy (non-hydrogen) atoms. The van der Waals surface area contributed by atoms with E-state index in [9.17, 15) is 9.59 Å². The van der Waals surface area contributed by atoms with Gasteiger partial charge in [0.1, 0.15) is 0 Å². The van der Waals surface area contributed by atoms with Crippen molar-refractivity contribution in [3.8, 4) is 0 Å². The minimum Gasteiger partial charge on any atom is -0.280 e. The lowest BCUT2D eigenvalue weighted by Crippen LogP contribution is -2.45. The zero-order valence-electron chi connectivity index (χ0n) is 10.00. The Morgan fingerprint density at radius 2 is 1.07 bits per heavy atom. The van der Waals surface area contributed by atoms with Crippen molar-refractivity contribution in [3.63, 3.8) is 0 Å². The highest BCUT2D eigenvalue weighted by Gasteiger charge is 2.27. The van der Waals surface area contributed by atoms with Crippen LogP contribution in [0.5, 0.6) is 0 Å². The fraction of sp³-hybridized carbons (Fsp3) is 0.818. The smallest absolute Gasteiger partial charge is 0.231 e. The number of rotatable bonds is 3. The maximum Gasteiger partial charge on any atom is 0.231 e. The molecule has 0 aliphatic rings. The summed E-state index contributed by atoms with van der Waals surface area (Å²) in [6.45, 7) is 11.0. The van der Waals surface area contributed by atoms with E-state index in [0.29, 0.717) is 0 Å². The van der Waals surface area contributed by atoms with Crippen molar-refractivity contribution in [2.24, 2.45) is 11.8 Å². The summed E-state index contributed by atoms with van der Waals surface area (Å²) in [5, 5.41) is 0. The predicted octanol–water partition coefficient (Wildman–Crippen LogP) is 2.06. The number of nitrogens with zero attached hydrogens (tertiary/aromatic N) is 1. The van der Waals surface area contributed by atoms with Crippen molar-refractivity contribution < 1.29 is 9.59 Å².